The normalized spacial score (nSPS) is 14.0. The third-order valence-electron chi connectivity index (χ3n) is 12.6. The van der Waals surface area contributed by atoms with Crippen molar-refractivity contribution in [3.63, 3.8) is 0 Å². The van der Waals surface area contributed by atoms with Gasteiger partial charge in [-0.15, -0.1) is 0 Å². The van der Waals surface area contributed by atoms with E-state index in [1.54, 1.807) is 54.5 Å². The molecule has 2 N–H and O–H groups in total. The van der Waals surface area contributed by atoms with Crippen LogP contribution in [-0.2, 0) is 43.2 Å². The average Bonchev–Trinajstić information content (AvgIpc) is 3.84. The van der Waals surface area contributed by atoms with Crippen LogP contribution in [0.1, 0.15) is 99.8 Å². The maximum Gasteiger partial charge on any atom is 0.270 e. The third kappa shape index (κ3) is 8.06. The lowest BCUT2D eigenvalue weighted by molar-refractivity contribution is -0.121. The first kappa shape index (κ1) is 43.6. The van der Waals surface area contributed by atoms with Gasteiger partial charge in [-0.25, -0.2) is 8.78 Å². The molecule has 2 aliphatic heterocycles. The summed E-state index contributed by atoms with van der Waals surface area (Å²) in [6.07, 6.45) is 1.14. The molecular weight excluding hydrogens is 819 g/mol. The van der Waals surface area contributed by atoms with Gasteiger partial charge in [0.2, 0.25) is 5.91 Å². The summed E-state index contributed by atoms with van der Waals surface area (Å²) in [5.41, 5.74) is 8.77. The Kier molecular flexibility index (Phi) is 12.0. The summed E-state index contributed by atoms with van der Waals surface area (Å²) < 4.78 is 33.3. The molecule has 330 valence electrons. The summed E-state index contributed by atoms with van der Waals surface area (Å²) in [5, 5.41) is 11.0. The zero-order valence-corrected chi connectivity index (χ0v) is 36.7. The third-order valence-corrected chi connectivity index (χ3v) is 12.6. The molecule has 0 radical (unpaired) electrons. The monoisotopic (exact) mass is 868 g/mol. The number of anilines is 2. The van der Waals surface area contributed by atoms with Gasteiger partial charge in [-0.05, 0) is 103 Å². The first-order chi connectivity index (χ1) is 30.7. The Balaban J connectivity index is 1.01. The molecule has 15 heteroatoms. The fourth-order valence-corrected chi connectivity index (χ4v) is 8.92. The number of benzene rings is 3. The number of aldehydes is 1. The van der Waals surface area contributed by atoms with E-state index in [0.29, 0.717) is 64.1 Å². The molecule has 1 atom stereocenters. The lowest BCUT2D eigenvalue weighted by atomic mass is 9.91. The number of alkyl halides is 2. The minimum absolute atomic E-state index is 0.0766. The first-order valence-electron chi connectivity index (χ1n) is 21.4. The van der Waals surface area contributed by atoms with E-state index in [1.165, 1.54) is 24.2 Å². The van der Waals surface area contributed by atoms with Crippen molar-refractivity contribution in [3.05, 3.63) is 128 Å². The Morgan fingerprint density at radius 1 is 0.953 bits per heavy atom. The smallest absolute Gasteiger partial charge is 0.270 e. The van der Waals surface area contributed by atoms with Crippen LogP contribution in [0.5, 0.6) is 0 Å². The number of nitrogens with zero attached hydrogens (tertiary/aromatic N) is 6. The number of nitrogens with one attached hydrogen (secondary N) is 2. The predicted molar refractivity (Wildman–Crippen MR) is 241 cm³/mol. The number of rotatable bonds is 13. The SMILES string of the molecule is CNC(=O)CCC(C=O)N1Cc2c(cccc2-c2cc(CNC(=O)c3ccc(-c4cc5c(cc4C(F)F)N(c4cc(C(C)C)cc6c4cc(C)c(=O)n6C)CCC5)cn3)n(C)n2)C1=O. The molecule has 8 rings (SSSR count). The second-order valence-electron chi connectivity index (χ2n) is 16.9. The van der Waals surface area contributed by atoms with Crippen LogP contribution in [0.4, 0.5) is 20.2 Å². The highest BCUT2D eigenvalue weighted by atomic mass is 19.3. The number of amides is 3. The maximum absolute atomic E-state index is 15.0. The van der Waals surface area contributed by atoms with Crippen LogP contribution in [0.2, 0.25) is 0 Å². The molecule has 2 aliphatic rings. The van der Waals surface area contributed by atoms with Crippen molar-refractivity contribution in [1.29, 1.82) is 0 Å². The number of fused-ring (bicyclic) bond motifs is 3. The molecule has 0 aliphatic carbocycles. The largest absolute Gasteiger partial charge is 0.359 e. The summed E-state index contributed by atoms with van der Waals surface area (Å²) in [6, 6.07) is 19.0. The molecular formula is C49H50F2N8O5. The fourth-order valence-electron chi connectivity index (χ4n) is 8.92. The van der Waals surface area contributed by atoms with Crippen LogP contribution in [0.3, 0.4) is 0 Å². The van der Waals surface area contributed by atoms with Gasteiger partial charge in [0.25, 0.3) is 23.8 Å². The summed E-state index contributed by atoms with van der Waals surface area (Å²) in [6.45, 7) is 6.87. The molecule has 6 aromatic rings. The number of hydrogen-bond donors (Lipinski definition) is 2. The molecule has 0 saturated heterocycles. The van der Waals surface area contributed by atoms with Gasteiger partial charge < -0.3 is 29.8 Å². The van der Waals surface area contributed by atoms with Crippen molar-refractivity contribution in [2.75, 3.05) is 18.5 Å². The summed E-state index contributed by atoms with van der Waals surface area (Å²) in [5.74, 6) is -0.805. The zero-order chi connectivity index (χ0) is 45.6. The van der Waals surface area contributed by atoms with E-state index in [4.69, 9.17) is 0 Å². The minimum Gasteiger partial charge on any atom is -0.359 e. The van der Waals surface area contributed by atoms with E-state index < -0.39 is 18.4 Å². The van der Waals surface area contributed by atoms with Crippen LogP contribution in [0, 0.1) is 6.92 Å². The van der Waals surface area contributed by atoms with Crippen molar-refractivity contribution in [2.45, 2.75) is 77.9 Å². The topological polar surface area (TPSA) is 152 Å². The Hall–Kier alpha value is -7.03. The number of carbonyl (C=O) groups is 4. The Morgan fingerprint density at radius 2 is 1.73 bits per heavy atom. The van der Waals surface area contributed by atoms with Gasteiger partial charge in [-0.3, -0.25) is 28.8 Å². The zero-order valence-electron chi connectivity index (χ0n) is 36.7. The lowest BCUT2D eigenvalue weighted by Crippen LogP contribution is -2.37. The van der Waals surface area contributed by atoms with Crippen LogP contribution in [0.15, 0.2) is 77.7 Å². The molecule has 64 heavy (non-hydrogen) atoms. The number of hydrogen-bond acceptors (Lipinski definition) is 8. The van der Waals surface area contributed by atoms with Crippen LogP contribution >= 0.6 is 0 Å². The van der Waals surface area contributed by atoms with Crippen molar-refractivity contribution < 1.29 is 28.0 Å². The van der Waals surface area contributed by atoms with Gasteiger partial charge in [0.05, 0.1) is 35.2 Å². The van der Waals surface area contributed by atoms with Gasteiger partial charge in [-0.2, -0.15) is 5.10 Å². The van der Waals surface area contributed by atoms with E-state index in [1.807, 2.05) is 30.3 Å². The standard InChI is InChI=1S/C49H50F2N8O5/c1-27(2)31-19-43-38(17-28(3)48(63)56(43)5)44(20-31)58-16-8-9-29-18-36(37(46(50)51)22-42(29)58)30-12-14-40(53-23-30)47(62)54-24-33-21-41(55-57(33)6)34-10-7-11-35-39(34)25-59(49(35)64)32(26-60)13-15-45(61)52-4/h7,10-12,14,17-23,26-27,32,46H,8-9,13,15-16,24-25H2,1-6H3,(H,52,61)(H,54,62). The van der Waals surface area contributed by atoms with Crippen LogP contribution in [0.25, 0.3) is 33.3 Å². The fraction of sp³-hybridized carbons (Fsp3) is 0.327. The molecule has 0 spiro atoms. The van der Waals surface area contributed by atoms with Crippen molar-refractivity contribution >= 4 is 46.3 Å². The first-order valence-corrected chi connectivity index (χ1v) is 21.4. The molecule has 1 unspecified atom stereocenters. The van der Waals surface area contributed by atoms with Crippen molar-refractivity contribution in [3.8, 4) is 22.4 Å². The summed E-state index contributed by atoms with van der Waals surface area (Å²) in [7, 11) is 5.03. The second-order valence-corrected chi connectivity index (χ2v) is 16.9. The molecule has 13 nitrogen and oxygen atoms in total. The second kappa shape index (κ2) is 17.6. The van der Waals surface area contributed by atoms with E-state index in [2.05, 4.69) is 45.5 Å². The van der Waals surface area contributed by atoms with Crippen molar-refractivity contribution in [2.24, 2.45) is 14.1 Å². The molecule has 3 aromatic carbocycles. The highest BCUT2D eigenvalue weighted by Gasteiger charge is 2.35. The maximum atomic E-state index is 15.0. The van der Waals surface area contributed by atoms with Crippen LogP contribution < -0.4 is 21.1 Å². The molecule has 0 bridgehead atoms. The predicted octanol–water partition coefficient (Wildman–Crippen LogP) is 7.43. The lowest BCUT2D eigenvalue weighted by Gasteiger charge is -2.34. The van der Waals surface area contributed by atoms with E-state index in [9.17, 15) is 24.0 Å². The number of aromatic nitrogens is 4. The number of halogens is 2. The van der Waals surface area contributed by atoms with Crippen molar-refractivity contribution in [1.82, 2.24) is 34.9 Å². The summed E-state index contributed by atoms with van der Waals surface area (Å²) >= 11 is 0. The molecule has 3 aromatic heterocycles. The average molecular weight is 869 g/mol. The number of aryl methyl sites for hydroxylation is 4. The van der Waals surface area contributed by atoms with Gasteiger partial charge >= 0.3 is 0 Å². The molecule has 0 fully saturated rings. The number of carbonyl (C=O) groups excluding carboxylic acids is 4. The quantitative estimate of drug-likeness (QED) is 0.114. The minimum atomic E-state index is -2.79. The van der Waals surface area contributed by atoms with Gasteiger partial charge in [-0.1, -0.05) is 32.0 Å². The van der Waals surface area contributed by atoms with Gasteiger partial charge in [0, 0.05) is 85.7 Å². The van der Waals surface area contributed by atoms with E-state index in [-0.39, 0.29) is 60.5 Å². The summed E-state index contributed by atoms with van der Waals surface area (Å²) in [4.78, 5) is 71.6. The molecule has 5 heterocycles. The van der Waals surface area contributed by atoms with E-state index in [0.717, 1.165) is 39.7 Å². The Labute approximate surface area is 369 Å². The molecule has 0 saturated carbocycles. The van der Waals surface area contributed by atoms with E-state index >= 15 is 8.78 Å². The molecule has 3 amide bonds. The van der Waals surface area contributed by atoms with Crippen LogP contribution in [-0.4, -0.2) is 67.9 Å². The highest BCUT2D eigenvalue weighted by molar-refractivity contribution is 6.02. The van der Waals surface area contributed by atoms with Gasteiger partial charge in [0.1, 0.15) is 12.0 Å². The Morgan fingerprint density at radius 3 is 2.44 bits per heavy atom. The number of pyridine rings is 2. The van der Waals surface area contributed by atoms with Gasteiger partial charge in [0.15, 0.2) is 0 Å². The Bertz CT molecular complexity index is 2900. The highest BCUT2D eigenvalue weighted by Crippen LogP contribution is 2.44.